The summed E-state index contributed by atoms with van der Waals surface area (Å²) in [6, 6.07) is 16.4. The van der Waals surface area contributed by atoms with Gasteiger partial charge in [0.2, 0.25) is 11.8 Å². The summed E-state index contributed by atoms with van der Waals surface area (Å²) < 4.78 is 0. The average Bonchev–Trinajstić information content (AvgIpc) is 3.54. The number of primary amides is 1. The van der Waals surface area contributed by atoms with Gasteiger partial charge in [0.05, 0.1) is 0 Å². The van der Waals surface area contributed by atoms with Gasteiger partial charge in [-0.3, -0.25) is 14.4 Å². The van der Waals surface area contributed by atoms with E-state index >= 15 is 0 Å². The Labute approximate surface area is 210 Å². The molecule has 1 aliphatic heterocycles. The molecule has 5 rings (SSSR count). The van der Waals surface area contributed by atoms with Crippen molar-refractivity contribution in [3.8, 4) is 0 Å². The highest BCUT2D eigenvalue weighted by atomic mass is 16.2. The Bertz CT molecular complexity index is 1260. The van der Waals surface area contributed by atoms with Crippen molar-refractivity contribution in [3.63, 3.8) is 0 Å². The molecule has 2 aliphatic rings. The van der Waals surface area contributed by atoms with Crippen LogP contribution in [0.1, 0.15) is 54.1 Å². The second-order valence-corrected chi connectivity index (χ2v) is 10.1. The van der Waals surface area contributed by atoms with Gasteiger partial charge in [-0.15, -0.1) is 0 Å². The van der Waals surface area contributed by atoms with Crippen LogP contribution in [0.5, 0.6) is 0 Å². The molecule has 1 aliphatic carbocycles. The molecule has 6 N–H and O–H groups in total. The number of nitrogens with zero attached hydrogens (tertiary/aromatic N) is 1. The van der Waals surface area contributed by atoms with Gasteiger partial charge in [-0.25, -0.2) is 0 Å². The third-order valence-electron chi connectivity index (χ3n) is 7.86. The van der Waals surface area contributed by atoms with Crippen molar-refractivity contribution in [2.24, 2.45) is 23.3 Å². The molecule has 0 unspecified atom stereocenters. The number of anilines is 1. The van der Waals surface area contributed by atoms with E-state index in [4.69, 9.17) is 11.5 Å². The molecule has 1 saturated carbocycles. The van der Waals surface area contributed by atoms with Crippen LogP contribution >= 0.6 is 0 Å². The number of benzene rings is 2. The normalized spacial score (nSPS) is 24.1. The number of nitrogens with one attached hydrogen (secondary N) is 2. The number of carbonyl (C=O) groups is 3. The van der Waals surface area contributed by atoms with E-state index in [2.05, 4.69) is 10.3 Å². The third-order valence-corrected chi connectivity index (χ3v) is 7.86. The molecule has 1 saturated heterocycles. The molecule has 0 bridgehead atoms. The van der Waals surface area contributed by atoms with Gasteiger partial charge in [-0.05, 0) is 74.4 Å². The molecule has 0 radical (unpaired) electrons. The van der Waals surface area contributed by atoms with Crippen LogP contribution < -0.4 is 16.8 Å². The average molecular weight is 488 g/mol. The summed E-state index contributed by atoms with van der Waals surface area (Å²) in [6.45, 7) is 1.23. The monoisotopic (exact) mass is 487 g/mol. The van der Waals surface area contributed by atoms with Gasteiger partial charge >= 0.3 is 0 Å². The van der Waals surface area contributed by atoms with Crippen LogP contribution in [0.4, 0.5) is 5.69 Å². The van der Waals surface area contributed by atoms with Crippen LogP contribution in [0.25, 0.3) is 10.9 Å². The van der Waals surface area contributed by atoms with E-state index in [1.165, 1.54) is 0 Å². The van der Waals surface area contributed by atoms with E-state index < -0.39 is 11.9 Å². The van der Waals surface area contributed by atoms with Gasteiger partial charge < -0.3 is 26.7 Å². The quantitative estimate of drug-likeness (QED) is 0.424. The Kier molecular flexibility index (Phi) is 6.78. The zero-order chi connectivity index (χ0) is 25.2. The second kappa shape index (κ2) is 10.1. The Morgan fingerprint density at radius 2 is 1.72 bits per heavy atom. The SMILES string of the molecule is NCC1CCC(C(=O)N2CC[C@@H](c3ccccc3)[C@H]2C(=O)Nc2ccc3[nH]c(C(N)=O)cc3c2)CC1. The molecular formula is C28H33N5O3. The lowest BCUT2D eigenvalue weighted by molar-refractivity contribution is -0.141. The molecule has 36 heavy (non-hydrogen) atoms. The highest BCUT2D eigenvalue weighted by Crippen LogP contribution is 2.38. The molecule has 3 aromatic rings. The van der Waals surface area contributed by atoms with Crippen LogP contribution in [0.15, 0.2) is 54.6 Å². The molecule has 2 fully saturated rings. The summed E-state index contributed by atoms with van der Waals surface area (Å²) in [5.41, 5.74) is 14.0. The van der Waals surface area contributed by atoms with Crippen LogP contribution in [0, 0.1) is 11.8 Å². The van der Waals surface area contributed by atoms with Crippen molar-refractivity contribution >= 4 is 34.3 Å². The van der Waals surface area contributed by atoms with E-state index in [-0.39, 0.29) is 23.7 Å². The lowest BCUT2D eigenvalue weighted by atomic mass is 9.81. The molecule has 2 aromatic carbocycles. The standard InChI is InChI=1S/C28H33N5O3/c29-16-17-6-8-19(9-7-17)28(36)33-13-12-22(18-4-2-1-3-5-18)25(33)27(35)31-21-10-11-23-20(14-21)15-24(32-23)26(30)34/h1-5,10-11,14-15,17,19,22,25,32H,6-9,12-13,16,29H2,(H2,30,34)(H,31,35)/t17?,19?,22-,25-/m0/s1. The highest BCUT2D eigenvalue weighted by Gasteiger charge is 2.44. The molecule has 1 aromatic heterocycles. The Balaban J connectivity index is 1.39. The van der Waals surface area contributed by atoms with E-state index in [0.29, 0.717) is 30.4 Å². The summed E-state index contributed by atoms with van der Waals surface area (Å²) in [4.78, 5) is 43.7. The van der Waals surface area contributed by atoms with Gasteiger partial charge in [-0.2, -0.15) is 0 Å². The molecule has 3 amide bonds. The maximum absolute atomic E-state index is 13.7. The zero-order valence-electron chi connectivity index (χ0n) is 20.3. The van der Waals surface area contributed by atoms with Crippen LogP contribution in [0.3, 0.4) is 0 Å². The molecular weight excluding hydrogens is 454 g/mol. The van der Waals surface area contributed by atoms with E-state index in [1.807, 2.05) is 36.4 Å². The first kappa shape index (κ1) is 24.1. The number of aromatic nitrogens is 1. The Hall–Kier alpha value is -3.65. The number of amides is 3. The number of hydrogen-bond donors (Lipinski definition) is 4. The lowest BCUT2D eigenvalue weighted by Gasteiger charge is -2.33. The number of hydrogen-bond acceptors (Lipinski definition) is 4. The number of aromatic amines is 1. The van der Waals surface area contributed by atoms with Crippen molar-refractivity contribution in [2.45, 2.75) is 44.1 Å². The number of fused-ring (bicyclic) bond motifs is 1. The molecule has 8 heteroatoms. The maximum Gasteiger partial charge on any atom is 0.265 e. The van der Waals surface area contributed by atoms with Crippen LogP contribution in [-0.2, 0) is 9.59 Å². The van der Waals surface area contributed by atoms with Crippen molar-refractivity contribution in [1.82, 2.24) is 9.88 Å². The van der Waals surface area contributed by atoms with E-state index in [9.17, 15) is 14.4 Å². The van der Waals surface area contributed by atoms with Gasteiger partial charge in [0.15, 0.2) is 0 Å². The predicted octanol–water partition coefficient (Wildman–Crippen LogP) is 3.36. The first-order valence-corrected chi connectivity index (χ1v) is 12.7. The fourth-order valence-electron chi connectivity index (χ4n) is 5.85. The minimum absolute atomic E-state index is 0.0546. The van der Waals surface area contributed by atoms with Crippen molar-refractivity contribution in [3.05, 3.63) is 65.9 Å². The summed E-state index contributed by atoms with van der Waals surface area (Å²) in [5.74, 6) is -0.300. The summed E-state index contributed by atoms with van der Waals surface area (Å²) >= 11 is 0. The smallest absolute Gasteiger partial charge is 0.265 e. The number of carbonyl (C=O) groups excluding carboxylic acids is 3. The first-order chi connectivity index (χ1) is 17.4. The minimum atomic E-state index is -0.588. The predicted molar refractivity (Wildman–Crippen MR) is 139 cm³/mol. The largest absolute Gasteiger partial charge is 0.364 e. The van der Waals surface area contributed by atoms with Crippen molar-refractivity contribution in [1.29, 1.82) is 0 Å². The van der Waals surface area contributed by atoms with Crippen molar-refractivity contribution < 1.29 is 14.4 Å². The number of rotatable bonds is 6. The van der Waals surface area contributed by atoms with E-state index in [0.717, 1.165) is 48.6 Å². The highest BCUT2D eigenvalue weighted by molar-refractivity contribution is 6.01. The van der Waals surface area contributed by atoms with Gasteiger partial charge in [0.25, 0.3) is 5.91 Å². The molecule has 2 heterocycles. The molecule has 188 valence electrons. The maximum atomic E-state index is 13.7. The van der Waals surface area contributed by atoms with Gasteiger partial charge in [0.1, 0.15) is 11.7 Å². The summed E-state index contributed by atoms with van der Waals surface area (Å²) in [7, 11) is 0. The minimum Gasteiger partial charge on any atom is -0.364 e. The fraction of sp³-hybridized carbons (Fsp3) is 0.393. The summed E-state index contributed by atoms with van der Waals surface area (Å²) in [5, 5.41) is 3.81. The van der Waals surface area contributed by atoms with E-state index in [1.54, 1.807) is 23.1 Å². The van der Waals surface area contributed by atoms with Gasteiger partial charge in [0, 0.05) is 35.0 Å². The van der Waals surface area contributed by atoms with Crippen LogP contribution in [0.2, 0.25) is 0 Å². The van der Waals surface area contributed by atoms with Crippen LogP contribution in [-0.4, -0.2) is 46.7 Å². The van der Waals surface area contributed by atoms with Gasteiger partial charge in [-0.1, -0.05) is 30.3 Å². The molecule has 8 nitrogen and oxygen atoms in total. The second-order valence-electron chi connectivity index (χ2n) is 10.1. The zero-order valence-corrected chi connectivity index (χ0v) is 20.3. The first-order valence-electron chi connectivity index (χ1n) is 12.7. The molecule has 0 spiro atoms. The topological polar surface area (TPSA) is 134 Å². The number of nitrogens with two attached hydrogens (primary N) is 2. The Morgan fingerprint density at radius 1 is 0.972 bits per heavy atom. The fourth-order valence-corrected chi connectivity index (χ4v) is 5.85. The lowest BCUT2D eigenvalue weighted by Crippen LogP contribution is -2.48. The number of H-pyrrole nitrogens is 1. The Morgan fingerprint density at radius 3 is 2.42 bits per heavy atom. The molecule has 2 atom stereocenters. The van der Waals surface area contributed by atoms with Crippen molar-refractivity contribution in [2.75, 3.05) is 18.4 Å². The third kappa shape index (κ3) is 4.73. The number of likely N-dealkylation sites (tertiary alicyclic amines) is 1. The summed E-state index contributed by atoms with van der Waals surface area (Å²) in [6.07, 6.45) is 4.32.